The largest absolute Gasteiger partial charge is 0.462 e. The smallest absolute Gasteiger partial charge is 0.338 e. The molecule has 0 aromatic heterocycles. The molecular weight excluding hydrogens is 460 g/mol. The van der Waals surface area contributed by atoms with E-state index >= 15 is 0 Å². The van der Waals surface area contributed by atoms with Crippen LogP contribution in [0, 0.1) is 17.3 Å². The third-order valence-electron chi connectivity index (χ3n) is 7.92. The average Bonchev–Trinajstić information content (AvgIpc) is 2.98. The highest BCUT2D eigenvalue weighted by atomic mass is 16.6. The molecule has 1 fully saturated rings. The van der Waals surface area contributed by atoms with Gasteiger partial charge in [0.05, 0.1) is 16.6 Å². The van der Waals surface area contributed by atoms with Crippen LogP contribution in [0.15, 0.2) is 53.6 Å². The van der Waals surface area contributed by atoms with E-state index in [0.29, 0.717) is 17.6 Å². The first-order valence-electron chi connectivity index (χ1n) is 12.5. The van der Waals surface area contributed by atoms with Crippen molar-refractivity contribution in [1.82, 2.24) is 0 Å². The molecule has 2 aliphatic rings. The Morgan fingerprint density at radius 1 is 1.08 bits per heavy atom. The van der Waals surface area contributed by atoms with Crippen LogP contribution >= 0.6 is 0 Å². The zero-order valence-corrected chi connectivity index (χ0v) is 22.2. The third-order valence-corrected chi connectivity index (χ3v) is 7.92. The second kappa shape index (κ2) is 10.6. The minimum atomic E-state index is -1.35. The van der Waals surface area contributed by atoms with Crippen molar-refractivity contribution in [2.24, 2.45) is 17.3 Å². The lowest BCUT2D eigenvalue weighted by molar-refractivity contribution is -0.174. The van der Waals surface area contributed by atoms with Gasteiger partial charge in [-0.15, -0.1) is 0 Å². The predicted octanol–water partition coefficient (Wildman–Crippen LogP) is 4.79. The standard InChI is InChI=1S/C29H38O7/c1-8-19(5)26(31)35-22-14-18(4)15-23(36-27(32)21-12-10-9-11-13-21)28(7)24(34-20(6)30)16-29(33,17(2)3)25(22)28/h8-13,15,17,22-25,33H,14,16H2,1-7H3/b19-8-/t22-,23-,24-,25+,28-,29+/m0/s1. The molecule has 1 aromatic carbocycles. The molecule has 36 heavy (non-hydrogen) atoms. The van der Waals surface area contributed by atoms with Gasteiger partial charge in [0, 0.05) is 31.3 Å². The number of allylic oxidation sites excluding steroid dienone is 1. The number of hydrogen-bond acceptors (Lipinski definition) is 7. The van der Waals surface area contributed by atoms with Crippen molar-refractivity contribution in [3.63, 3.8) is 0 Å². The Hall–Kier alpha value is -2.93. The van der Waals surface area contributed by atoms with E-state index in [0.717, 1.165) is 5.57 Å². The zero-order chi connectivity index (χ0) is 26.8. The molecule has 2 aliphatic carbocycles. The molecule has 7 nitrogen and oxygen atoms in total. The van der Waals surface area contributed by atoms with Gasteiger partial charge in [0.1, 0.15) is 18.3 Å². The highest BCUT2D eigenvalue weighted by Crippen LogP contribution is 2.60. The first-order chi connectivity index (χ1) is 16.8. The van der Waals surface area contributed by atoms with Crippen LogP contribution in [0.25, 0.3) is 0 Å². The molecule has 3 rings (SSSR count). The van der Waals surface area contributed by atoms with E-state index in [2.05, 4.69) is 0 Å². The van der Waals surface area contributed by atoms with Crippen molar-refractivity contribution in [3.05, 3.63) is 59.2 Å². The fraction of sp³-hybridized carbons (Fsp3) is 0.552. The minimum Gasteiger partial charge on any atom is -0.462 e. The lowest BCUT2D eigenvalue weighted by Crippen LogP contribution is -2.55. The van der Waals surface area contributed by atoms with Crippen molar-refractivity contribution in [3.8, 4) is 0 Å². The summed E-state index contributed by atoms with van der Waals surface area (Å²) in [6.45, 7) is 12.3. The summed E-state index contributed by atoms with van der Waals surface area (Å²) >= 11 is 0. The molecule has 6 atom stereocenters. The molecule has 0 unspecified atom stereocenters. The topological polar surface area (TPSA) is 99.1 Å². The van der Waals surface area contributed by atoms with Crippen LogP contribution in [0.2, 0.25) is 0 Å². The van der Waals surface area contributed by atoms with Gasteiger partial charge in [0.25, 0.3) is 0 Å². The van der Waals surface area contributed by atoms with Crippen molar-refractivity contribution in [2.45, 2.75) is 85.2 Å². The van der Waals surface area contributed by atoms with E-state index in [1.807, 2.05) is 39.8 Å². The Bertz CT molecular complexity index is 1060. The number of fused-ring (bicyclic) bond motifs is 1. The first kappa shape index (κ1) is 27.7. The minimum absolute atomic E-state index is 0.133. The summed E-state index contributed by atoms with van der Waals surface area (Å²) in [6.07, 6.45) is 1.68. The molecule has 0 radical (unpaired) electrons. The molecular formula is C29H38O7. The summed E-state index contributed by atoms with van der Waals surface area (Å²) in [6, 6.07) is 8.66. The van der Waals surface area contributed by atoms with Gasteiger partial charge < -0.3 is 19.3 Å². The zero-order valence-electron chi connectivity index (χ0n) is 22.2. The van der Waals surface area contributed by atoms with E-state index in [1.165, 1.54) is 6.92 Å². The van der Waals surface area contributed by atoms with Gasteiger partial charge in [-0.1, -0.05) is 50.6 Å². The molecule has 7 heteroatoms. The fourth-order valence-electron chi connectivity index (χ4n) is 5.75. The monoisotopic (exact) mass is 498 g/mol. The number of hydrogen-bond donors (Lipinski definition) is 1. The highest BCUT2D eigenvalue weighted by molar-refractivity contribution is 5.89. The van der Waals surface area contributed by atoms with Crippen LogP contribution in [0.1, 0.15) is 71.7 Å². The van der Waals surface area contributed by atoms with Crippen molar-refractivity contribution >= 4 is 17.9 Å². The maximum absolute atomic E-state index is 13.2. The maximum atomic E-state index is 13.2. The Morgan fingerprint density at radius 3 is 2.28 bits per heavy atom. The molecule has 0 amide bonds. The molecule has 196 valence electrons. The van der Waals surface area contributed by atoms with Crippen LogP contribution in [0.3, 0.4) is 0 Å². The molecule has 0 heterocycles. The summed E-state index contributed by atoms with van der Waals surface area (Å²) in [5.74, 6) is -2.42. The van der Waals surface area contributed by atoms with Gasteiger partial charge in [-0.2, -0.15) is 0 Å². The summed E-state index contributed by atoms with van der Waals surface area (Å²) in [4.78, 5) is 38.2. The third kappa shape index (κ3) is 5.12. The Morgan fingerprint density at radius 2 is 1.72 bits per heavy atom. The lowest BCUT2D eigenvalue weighted by Gasteiger charge is -2.45. The number of aliphatic hydroxyl groups is 1. The first-order valence-corrected chi connectivity index (χ1v) is 12.5. The second-order valence-electron chi connectivity index (χ2n) is 10.6. The van der Waals surface area contributed by atoms with Crippen LogP contribution in [-0.2, 0) is 23.8 Å². The second-order valence-corrected chi connectivity index (χ2v) is 10.6. The molecule has 0 saturated heterocycles. The van der Waals surface area contributed by atoms with Gasteiger partial charge in [-0.3, -0.25) is 4.79 Å². The molecule has 1 N–H and O–H groups in total. The van der Waals surface area contributed by atoms with Crippen molar-refractivity contribution in [2.75, 3.05) is 0 Å². The highest BCUT2D eigenvalue weighted by Gasteiger charge is 2.69. The fourth-order valence-corrected chi connectivity index (χ4v) is 5.75. The Kier molecular flexibility index (Phi) is 8.13. The van der Waals surface area contributed by atoms with E-state index in [1.54, 1.807) is 44.2 Å². The summed E-state index contributed by atoms with van der Waals surface area (Å²) in [5, 5.41) is 12.1. The average molecular weight is 499 g/mol. The lowest BCUT2D eigenvalue weighted by atomic mass is 9.66. The summed E-state index contributed by atoms with van der Waals surface area (Å²) in [5.41, 5.74) is -0.723. The molecule has 0 bridgehead atoms. The number of benzene rings is 1. The van der Waals surface area contributed by atoms with E-state index < -0.39 is 53.2 Å². The normalized spacial score (nSPS) is 32.2. The molecule has 0 aliphatic heterocycles. The molecule has 0 spiro atoms. The summed E-state index contributed by atoms with van der Waals surface area (Å²) < 4.78 is 17.9. The molecule has 1 saturated carbocycles. The van der Waals surface area contributed by atoms with Crippen LogP contribution in [0.5, 0.6) is 0 Å². The SMILES string of the molecule is C/C=C(/C)C(=O)O[C@H]1CC(C)=C[C@H](OC(=O)c2ccccc2)[C@@]2(C)[C@@H](OC(C)=O)C[C@@](O)(C(C)C)[C@H]12. The number of carbonyl (C=O) groups excluding carboxylic acids is 3. The number of esters is 3. The van der Waals surface area contributed by atoms with Crippen LogP contribution in [0.4, 0.5) is 0 Å². The van der Waals surface area contributed by atoms with E-state index in [4.69, 9.17) is 14.2 Å². The van der Waals surface area contributed by atoms with Crippen molar-refractivity contribution in [1.29, 1.82) is 0 Å². The number of rotatable bonds is 6. The number of ether oxygens (including phenoxy) is 3. The number of carbonyl (C=O) groups is 3. The summed E-state index contributed by atoms with van der Waals surface area (Å²) in [7, 11) is 0. The van der Waals surface area contributed by atoms with Gasteiger partial charge in [-0.05, 0) is 44.9 Å². The molecule has 1 aromatic rings. The van der Waals surface area contributed by atoms with Gasteiger partial charge in [-0.25, -0.2) is 9.59 Å². The van der Waals surface area contributed by atoms with E-state index in [9.17, 15) is 19.5 Å². The maximum Gasteiger partial charge on any atom is 0.338 e. The van der Waals surface area contributed by atoms with Gasteiger partial charge >= 0.3 is 17.9 Å². The van der Waals surface area contributed by atoms with E-state index in [-0.39, 0.29) is 12.3 Å². The van der Waals surface area contributed by atoms with Gasteiger partial charge in [0.2, 0.25) is 0 Å². The predicted molar refractivity (Wildman–Crippen MR) is 135 cm³/mol. The quantitative estimate of drug-likeness (QED) is 0.261. The van der Waals surface area contributed by atoms with Crippen LogP contribution < -0.4 is 0 Å². The van der Waals surface area contributed by atoms with Gasteiger partial charge in [0.15, 0.2) is 0 Å². The van der Waals surface area contributed by atoms with Crippen molar-refractivity contribution < 1.29 is 33.7 Å². The Labute approximate surface area is 213 Å². The van der Waals surface area contributed by atoms with Crippen LogP contribution in [-0.4, -0.2) is 46.9 Å². The Balaban J connectivity index is 2.15.